The Balaban J connectivity index is 2.02. The fourth-order valence-corrected chi connectivity index (χ4v) is 3.94. The number of nitrogens with zero attached hydrogens (tertiary/aromatic N) is 1. The van der Waals surface area contributed by atoms with E-state index >= 15 is 0 Å². The quantitative estimate of drug-likeness (QED) is 0.276. The van der Waals surface area contributed by atoms with Gasteiger partial charge in [0, 0.05) is 21.8 Å². The van der Waals surface area contributed by atoms with Crippen molar-refractivity contribution in [1.29, 1.82) is 0 Å². The van der Waals surface area contributed by atoms with Crippen LogP contribution in [-0.2, 0) is 6.42 Å². The first-order chi connectivity index (χ1) is 11.9. The summed E-state index contributed by atoms with van der Waals surface area (Å²) in [5.41, 5.74) is 5.32. The molecular formula is C22H20BrN. The van der Waals surface area contributed by atoms with Crippen molar-refractivity contribution >= 4 is 37.7 Å². The maximum absolute atomic E-state index is 3.55. The summed E-state index contributed by atoms with van der Waals surface area (Å²) in [4.78, 5) is 0. The second kappa shape index (κ2) is 6.82. The first kappa shape index (κ1) is 15.5. The van der Waals surface area contributed by atoms with Crippen LogP contribution in [0.25, 0.3) is 27.5 Å². The van der Waals surface area contributed by atoms with E-state index in [9.17, 15) is 0 Å². The Bertz CT molecular complexity index is 969. The van der Waals surface area contributed by atoms with Crippen molar-refractivity contribution in [3.63, 3.8) is 0 Å². The van der Waals surface area contributed by atoms with Gasteiger partial charge in [0.1, 0.15) is 0 Å². The lowest BCUT2D eigenvalue weighted by Gasteiger charge is -2.11. The predicted molar refractivity (Wildman–Crippen MR) is 108 cm³/mol. The molecule has 2 heteroatoms. The summed E-state index contributed by atoms with van der Waals surface area (Å²) >= 11 is 3.55. The minimum atomic E-state index is 1.07. The SMILES string of the molecule is BrCCCCc1cccc2c3ccccc3n(-c3ccccc3)c12. The predicted octanol–water partition coefficient (Wildman–Crippen LogP) is 6.50. The van der Waals surface area contributed by atoms with Gasteiger partial charge >= 0.3 is 0 Å². The molecule has 0 N–H and O–H groups in total. The van der Waals surface area contributed by atoms with Crippen LogP contribution in [0, 0.1) is 0 Å². The molecule has 0 radical (unpaired) electrons. The number of halogens is 1. The van der Waals surface area contributed by atoms with Gasteiger partial charge in [-0.05, 0) is 43.0 Å². The van der Waals surface area contributed by atoms with Gasteiger partial charge in [-0.15, -0.1) is 0 Å². The Hall–Kier alpha value is -2.06. The second-order valence-electron chi connectivity index (χ2n) is 6.15. The van der Waals surface area contributed by atoms with Crippen molar-refractivity contribution in [3.05, 3.63) is 78.4 Å². The van der Waals surface area contributed by atoms with E-state index in [2.05, 4.69) is 93.3 Å². The first-order valence-electron chi connectivity index (χ1n) is 8.52. The van der Waals surface area contributed by atoms with E-state index in [1.807, 2.05) is 0 Å². The second-order valence-corrected chi connectivity index (χ2v) is 6.94. The molecule has 120 valence electrons. The molecule has 0 amide bonds. The van der Waals surface area contributed by atoms with Gasteiger partial charge < -0.3 is 4.57 Å². The van der Waals surface area contributed by atoms with E-state index in [4.69, 9.17) is 0 Å². The highest BCUT2D eigenvalue weighted by Crippen LogP contribution is 2.34. The summed E-state index contributed by atoms with van der Waals surface area (Å²) in [5, 5.41) is 3.76. The molecule has 1 aromatic heterocycles. The fourth-order valence-electron chi connectivity index (χ4n) is 3.55. The number of unbranched alkanes of at least 4 members (excludes halogenated alkanes) is 1. The maximum atomic E-state index is 3.55. The van der Waals surface area contributed by atoms with E-state index in [1.54, 1.807) is 0 Å². The van der Waals surface area contributed by atoms with Gasteiger partial charge in [0.15, 0.2) is 0 Å². The molecular weight excluding hydrogens is 358 g/mol. The Labute approximate surface area is 151 Å². The minimum Gasteiger partial charge on any atom is -0.309 e. The van der Waals surface area contributed by atoms with Crippen LogP contribution < -0.4 is 0 Å². The smallest absolute Gasteiger partial charge is 0.0573 e. The number of para-hydroxylation sites is 3. The average Bonchev–Trinajstić information content (AvgIpc) is 2.98. The molecule has 3 aromatic carbocycles. The topological polar surface area (TPSA) is 4.93 Å². The van der Waals surface area contributed by atoms with Crippen molar-refractivity contribution in [2.75, 3.05) is 5.33 Å². The van der Waals surface area contributed by atoms with Crippen molar-refractivity contribution in [3.8, 4) is 5.69 Å². The zero-order valence-corrected chi connectivity index (χ0v) is 15.2. The molecule has 1 heterocycles. The van der Waals surface area contributed by atoms with E-state index in [-0.39, 0.29) is 0 Å². The molecule has 0 unspecified atom stereocenters. The summed E-state index contributed by atoms with van der Waals surface area (Å²) in [6, 6.07) is 26.2. The van der Waals surface area contributed by atoms with Crippen molar-refractivity contribution in [2.45, 2.75) is 19.3 Å². The number of aryl methyl sites for hydroxylation is 1. The summed E-state index contributed by atoms with van der Waals surface area (Å²) < 4.78 is 2.42. The highest BCUT2D eigenvalue weighted by atomic mass is 79.9. The van der Waals surface area contributed by atoms with Crippen LogP contribution in [0.15, 0.2) is 72.8 Å². The van der Waals surface area contributed by atoms with Gasteiger partial charge in [-0.1, -0.05) is 70.5 Å². The zero-order valence-electron chi connectivity index (χ0n) is 13.6. The number of hydrogen-bond donors (Lipinski definition) is 0. The number of rotatable bonds is 5. The van der Waals surface area contributed by atoms with Crippen molar-refractivity contribution in [1.82, 2.24) is 4.57 Å². The van der Waals surface area contributed by atoms with Gasteiger partial charge in [0.25, 0.3) is 0 Å². The number of aromatic nitrogens is 1. The highest BCUT2D eigenvalue weighted by molar-refractivity contribution is 9.09. The number of alkyl halides is 1. The average molecular weight is 378 g/mol. The molecule has 4 rings (SSSR count). The molecule has 0 atom stereocenters. The van der Waals surface area contributed by atoms with E-state index in [0.29, 0.717) is 0 Å². The van der Waals surface area contributed by atoms with Crippen LogP contribution in [-0.4, -0.2) is 9.90 Å². The molecule has 0 saturated heterocycles. The first-order valence-corrected chi connectivity index (χ1v) is 9.65. The van der Waals surface area contributed by atoms with Crippen LogP contribution >= 0.6 is 15.9 Å². The Morgan fingerprint density at radius 1 is 0.708 bits per heavy atom. The molecule has 0 aliphatic heterocycles. The lowest BCUT2D eigenvalue weighted by atomic mass is 10.0. The molecule has 0 aliphatic carbocycles. The lowest BCUT2D eigenvalue weighted by molar-refractivity contribution is 0.808. The summed E-state index contributed by atoms with van der Waals surface area (Å²) in [5.74, 6) is 0. The van der Waals surface area contributed by atoms with Crippen LogP contribution in [0.5, 0.6) is 0 Å². The van der Waals surface area contributed by atoms with E-state index < -0.39 is 0 Å². The summed E-state index contributed by atoms with van der Waals surface area (Å²) in [7, 11) is 0. The molecule has 0 bridgehead atoms. The van der Waals surface area contributed by atoms with Gasteiger partial charge in [-0.3, -0.25) is 0 Å². The highest BCUT2D eigenvalue weighted by Gasteiger charge is 2.14. The number of hydrogen-bond acceptors (Lipinski definition) is 0. The standard InChI is InChI=1S/C22H20BrN/c23-16-7-6-9-17-10-8-14-20-19-13-4-5-15-21(19)24(22(17)20)18-11-2-1-3-12-18/h1-5,8,10-15H,6-7,9,16H2. The Kier molecular flexibility index (Phi) is 4.40. The largest absolute Gasteiger partial charge is 0.309 e. The summed E-state index contributed by atoms with van der Waals surface area (Å²) in [6.45, 7) is 0. The van der Waals surface area contributed by atoms with Crippen LogP contribution in [0.2, 0.25) is 0 Å². The molecule has 0 spiro atoms. The van der Waals surface area contributed by atoms with Crippen LogP contribution in [0.3, 0.4) is 0 Å². The van der Waals surface area contributed by atoms with E-state index in [1.165, 1.54) is 45.9 Å². The van der Waals surface area contributed by atoms with Crippen molar-refractivity contribution < 1.29 is 0 Å². The minimum absolute atomic E-state index is 1.07. The zero-order chi connectivity index (χ0) is 16.4. The van der Waals surface area contributed by atoms with Gasteiger partial charge in [0.05, 0.1) is 11.0 Å². The van der Waals surface area contributed by atoms with Crippen molar-refractivity contribution in [2.24, 2.45) is 0 Å². The molecule has 0 aliphatic rings. The normalized spacial score (nSPS) is 11.4. The van der Waals surface area contributed by atoms with Crippen LogP contribution in [0.4, 0.5) is 0 Å². The molecule has 24 heavy (non-hydrogen) atoms. The van der Waals surface area contributed by atoms with Crippen LogP contribution in [0.1, 0.15) is 18.4 Å². The third kappa shape index (κ3) is 2.65. The van der Waals surface area contributed by atoms with E-state index in [0.717, 1.165) is 11.8 Å². The maximum Gasteiger partial charge on any atom is 0.0573 e. The Morgan fingerprint density at radius 3 is 2.29 bits per heavy atom. The van der Waals surface area contributed by atoms with Gasteiger partial charge in [-0.2, -0.15) is 0 Å². The Morgan fingerprint density at radius 2 is 1.46 bits per heavy atom. The lowest BCUT2D eigenvalue weighted by Crippen LogP contribution is -1.97. The van der Waals surface area contributed by atoms with Gasteiger partial charge in [0.2, 0.25) is 0 Å². The summed E-state index contributed by atoms with van der Waals surface area (Å²) in [6.07, 6.45) is 3.54. The molecule has 4 aromatic rings. The third-order valence-corrected chi connectivity index (χ3v) is 5.18. The monoisotopic (exact) mass is 377 g/mol. The molecule has 0 fully saturated rings. The molecule has 0 saturated carbocycles. The number of fused-ring (bicyclic) bond motifs is 3. The fraction of sp³-hybridized carbons (Fsp3) is 0.182. The molecule has 1 nitrogen and oxygen atoms in total. The van der Waals surface area contributed by atoms with Gasteiger partial charge in [-0.25, -0.2) is 0 Å². The third-order valence-electron chi connectivity index (χ3n) is 4.62. The number of benzene rings is 3.